The predicted octanol–water partition coefficient (Wildman–Crippen LogP) is 2.11. The number of piperidine rings is 1. The third-order valence-corrected chi connectivity index (χ3v) is 4.04. The van der Waals surface area contributed by atoms with E-state index < -0.39 is 0 Å². The highest BCUT2D eigenvalue weighted by Crippen LogP contribution is 2.30. The van der Waals surface area contributed by atoms with Gasteiger partial charge in [0, 0.05) is 12.7 Å². The molecule has 16 heavy (non-hydrogen) atoms. The molecule has 1 aliphatic heterocycles. The highest BCUT2D eigenvalue weighted by Gasteiger charge is 2.25. The Morgan fingerprint density at radius 1 is 1.19 bits per heavy atom. The van der Waals surface area contributed by atoms with E-state index in [1.807, 2.05) is 0 Å². The summed E-state index contributed by atoms with van der Waals surface area (Å²) in [5, 5.41) is 8.39. The summed E-state index contributed by atoms with van der Waals surface area (Å²) in [6.45, 7) is 1.16. The predicted molar refractivity (Wildman–Crippen MR) is 64.4 cm³/mol. The summed E-state index contributed by atoms with van der Waals surface area (Å²) >= 11 is 0. The SMILES string of the molecule is Cn1nc([C@H]2CCCCN2)c2c1CCCC2. The number of fused-ring (bicyclic) bond motifs is 1. The Morgan fingerprint density at radius 3 is 2.88 bits per heavy atom. The number of aromatic nitrogens is 2. The minimum Gasteiger partial charge on any atom is -0.309 e. The average molecular weight is 219 g/mol. The van der Waals surface area contributed by atoms with Crippen molar-refractivity contribution in [3.63, 3.8) is 0 Å². The second-order valence-corrected chi connectivity index (χ2v) is 5.14. The molecule has 1 aromatic heterocycles. The molecule has 1 aliphatic carbocycles. The summed E-state index contributed by atoms with van der Waals surface area (Å²) in [7, 11) is 2.11. The number of hydrogen-bond acceptors (Lipinski definition) is 2. The molecule has 1 atom stereocenters. The van der Waals surface area contributed by atoms with Crippen LogP contribution >= 0.6 is 0 Å². The van der Waals surface area contributed by atoms with Gasteiger partial charge in [-0.25, -0.2) is 0 Å². The molecule has 88 valence electrons. The Balaban J connectivity index is 1.93. The zero-order chi connectivity index (χ0) is 11.0. The summed E-state index contributed by atoms with van der Waals surface area (Å²) in [6.07, 6.45) is 9.10. The van der Waals surface area contributed by atoms with E-state index in [4.69, 9.17) is 5.10 Å². The number of aryl methyl sites for hydroxylation is 1. The molecule has 0 saturated carbocycles. The maximum absolute atomic E-state index is 4.77. The van der Waals surface area contributed by atoms with E-state index in [0.29, 0.717) is 6.04 Å². The van der Waals surface area contributed by atoms with Crippen LogP contribution in [0.2, 0.25) is 0 Å². The van der Waals surface area contributed by atoms with Crippen LogP contribution in [0.5, 0.6) is 0 Å². The lowest BCUT2D eigenvalue weighted by atomic mass is 9.91. The molecule has 0 spiro atoms. The van der Waals surface area contributed by atoms with Crippen molar-refractivity contribution in [2.45, 2.75) is 51.0 Å². The Kier molecular flexibility index (Phi) is 2.72. The van der Waals surface area contributed by atoms with E-state index in [-0.39, 0.29) is 0 Å². The van der Waals surface area contributed by atoms with Crippen LogP contribution in [0.1, 0.15) is 55.1 Å². The molecule has 1 fully saturated rings. The molecule has 1 aromatic rings. The molecule has 0 amide bonds. The van der Waals surface area contributed by atoms with Gasteiger partial charge in [-0.1, -0.05) is 6.42 Å². The number of rotatable bonds is 1. The first-order valence-electron chi connectivity index (χ1n) is 6.64. The Bertz CT molecular complexity index is 375. The topological polar surface area (TPSA) is 29.9 Å². The zero-order valence-corrected chi connectivity index (χ0v) is 10.1. The van der Waals surface area contributed by atoms with Crippen LogP contribution in [0.25, 0.3) is 0 Å². The molecule has 0 unspecified atom stereocenters. The molecule has 1 saturated heterocycles. The van der Waals surface area contributed by atoms with E-state index in [9.17, 15) is 0 Å². The second kappa shape index (κ2) is 4.21. The van der Waals surface area contributed by atoms with Crippen molar-refractivity contribution >= 4 is 0 Å². The summed E-state index contributed by atoms with van der Waals surface area (Å²) in [5.74, 6) is 0. The van der Waals surface area contributed by atoms with Gasteiger partial charge in [-0.2, -0.15) is 5.10 Å². The molecule has 2 heterocycles. The number of nitrogens with zero attached hydrogens (tertiary/aromatic N) is 2. The van der Waals surface area contributed by atoms with Gasteiger partial charge in [0.1, 0.15) is 0 Å². The van der Waals surface area contributed by atoms with Crippen LogP contribution in [0, 0.1) is 0 Å². The van der Waals surface area contributed by atoms with Gasteiger partial charge in [-0.15, -0.1) is 0 Å². The van der Waals surface area contributed by atoms with Crippen molar-refractivity contribution in [2.24, 2.45) is 7.05 Å². The standard InChI is InChI=1S/C13H21N3/c1-16-12-8-3-2-6-10(12)13(15-16)11-7-4-5-9-14-11/h11,14H,2-9H2,1H3/t11-/m1/s1. The second-order valence-electron chi connectivity index (χ2n) is 5.14. The lowest BCUT2D eigenvalue weighted by molar-refractivity contribution is 0.400. The minimum atomic E-state index is 0.529. The van der Waals surface area contributed by atoms with E-state index >= 15 is 0 Å². The Morgan fingerprint density at radius 2 is 2.06 bits per heavy atom. The quantitative estimate of drug-likeness (QED) is 0.784. The van der Waals surface area contributed by atoms with Crippen LogP contribution in [0.4, 0.5) is 0 Å². The summed E-state index contributed by atoms with van der Waals surface area (Å²) in [6, 6.07) is 0.529. The molecular formula is C13H21N3. The van der Waals surface area contributed by atoms with Gasteiger partial charge in [0.25, 0.3) is 0 Å². The largest absolute Gasteiger partial charge is 0.309 e. The Hall–Kier alpha value is -0.830. The minimum absolute atomic E-state index is 0.529. The fourth-order valence-corrected chi connectivity index (χ4v) is 3.17. The van der Waals surface area contributed by atoms with Crippen LogP contribution in [0.3, 0.4) is 0 Å². The molecular weight excluding hydrogens is 198 g/mol. The van der Waals surface area contributed by atoms with Crippen LogP contribution < -0.4 is 5.32 Å². The van der Waals surface area contributed by atoms with Crippen molar-refractivity contribution < 1.29 is 0 Å². The Labute approximate surface area is 97.2 Å². The third kappa shape index (κ3) is 1.67. The maximum atomic E-state index is 4.77. The molecule has 1 N–H and O–H groups in total. The first kappa shape index (κ1) is 10.3. The van der Waals surface area contributed by atoms with Gasteiger partial charge < -0.3 is 5.32 Å². The lowest BCUT2D eigenvalue weighted by Gasteiger charge is -2.23. The maximum Gasteiger partial charge on any atom is 0.0828 e. The van der Waals surface area contributed by atoms with Crippen LogP contribution in [0.15, 0.2) is 0 Å². The summed E-state index contributed by atoms with van der Waals surface area (Å²) < 4.78 is 2.13. The summed E-state index contributed by atoms with van der Waals surface area (Å²) in [5.41, 5.74) is 4.42. The number of hydrogen-bond donors (Lipinski definition) is 1. The molecule has 0 radical (unpaired) electrons. The molecule has 3 rings (SSSR count). The zero-order valence-electron chi connectivity index (χ0n) is 10.1. The molecule has 3 nitrogen and oxygen atoms in total. The van der Waals surface area contributed by atoms with Gasteiger partial charge in [-0.3, -0.25) is 4.68 Å². The molecule has 0 bridgehead atoms. The van der Waals surface area contributed by atoms with Crippen LogP contribution in [-0.2, 0) is 19.9 Å². The average Bonchev–Trinajstić information content (AvgIpc) is 2.69. The highest BCUT2D eigenvalue weighted by atomic mass is 15.3. The molecule has 2 aliphatic rings. The highest BCUT2D eigenvalue weighted by molar-refractivity contribution is 5.31. The molecule has 3 heteroatoms. The van der Waals surface area contributed by atoms with E-state index in [1.165, 1.54) is 56.3 Å². The first-order chi connectivity index (χ1) is 7.86. The first-order valence-corrected chi connectivity index (χ1v) is 6.64. The monoisotopic (exact) mass is 219 g/mol. The van der Waals surface area contributed by atoms with E-state index in [2.05, 4.69) is 17.0 Å². The van der Waals surface area contributed by atoms with Gasteiger partial charge in [0.05, 0.1) is 11.7 Å². The molecule has 0 aromatic carbocycles. The summed E-state index contributed by atoms with van der Waals surface area (Å²) in [4.78, 5) is 0. The fraction of sp³-hybridized carbons (Fsp3) is 0.769. The number of nitrogens with one attached hydrogen (secondary N) is 1. The van der Waals surface area contributed by atoms with Crippen molar-refractivity contribution in [1.29, 1.82) is 0 Å². The van der Waals surface area contributed by atoms with Gasteiger partial charge in [-0.05, 0) is 50.6 Å². The van der Waals surface area contributed by atoms with Crippen molar-refractivity contribution in [3.8, 4) is 0 Å². The van der Waals surface area contributed by atoms with Gasteiger partial charge in [0.2, 0.25) is 0 Å². The van der Waals surface area contributed by atoms with Crippen LogP contribution in [-0.4, -0.2) is 16.3 Å². The third-order valence-electron chi connectivity index (χ3n) is 4.04. The van der Waals surface area contributed by atoms with Crippen molar-refractivity contribution in [1.82, 2.24) is 15.1 Å². The van der Waals surface area contributed by atoms with E-state index in [1.54, 1.807) is 5.56 Å². The fourth-order valence-electron chi connectivity index (χ4n) is 3.17. The van der Waals surface area contributed by atoms with Crippen molar-refractivity contribution in [2.75, 3.05) is 6.54 Å². The smallest absolute Gasteiger partial charge is 0.0828 e. The van der Waals surface area contributed by atoms with Gasteiger partial charge in [0.15, 0.2) is 0 Å². The lowest BCUT2D eigenvalue weighted by Crippen LogP contribution is -2.28. The van der Waals surface area contributed by atoms with Crippen molar-refractivity contribution in [3.05, 3.63) is 17.0 Å². The van der Waals surface area contributed by atoms with Gasteiger partial charge >= 0.3 is 0 Å². The van der Waals surface area contributed by atoms with E-state index in [0.717, 1.165) is 6.54 Å². The normalized spacial score (nSPS) is 25.4.